The van der Waals surface area contributed by atoms with Crippen molar-refractivity contribution in [2.45, 2.75) is 77.0 Å². The number of hydrogen-bond acceptors (Lipinski definition) is 6. The lowest BCUT2D eigenvalue weighted by molar-refractivity contribution is -0.122. The molecule has 1 saturated carbocycles. The fourth-order valence-electron chi connectivity index (χ4n) is 3.93. The molecule has 2 amide bonds. The zero-order valence-corrected chi connectivity index (χ0v) is 18.7. The van der Waals surface area contributed by atoms with E-state index in [4.69, 9.17) is 4.74 Å². The number of carbonyl (C=O) groups excluding carboxylic acids is 2. The highest BCUT2D eigenvalue weighted by Crippen LogP contribution is 2.27. The van der Waals surface area contributed by atoms with Crippen LogP contribution in [0.15, 0.2) is 17.3 Å². The summed E-state index contributed by atoms with van der Waals surface area (Å²) in [7, 11) is 1.70. The van der Waals surface area contributed by atoms with Crippen LogP contribution in [0.2, 0.25) is 0 Å². The second-order valence-corrected chi connectivity index (χ2v) is 9.28. The monoisotopic (exact) mass is 432 g/mol. The normalized spacial score (nSPS) is 16.5. The van der Waals surface area contributed by atoms with Gasteiger partial charge in [-0.2, -0.15) is 5.10 Å². The Hall–Kier alpha value is -2.91. The number of alkyl carbamates (subject to hydrolysis) is 1. The van der Waals surface area contributed by atoms with E-state index >= 15 is 0 Å². The van der Waals surface area contributed by atoms with Crippen molar-refractivity contribution < 1.29 is 14.3 Å². The molecule has 1 aliphatic carbocycles. The van der Waals surface area contributed by atoms with Crippen LogP contribution >= 0.6 is 0 Å². The van der Waals surface area contributed by atoms with Gasteiger partial charge >= 0.3 is 6.09 Å². The van der Waals surface area contributed by atoms with E-state index in [9.17, 15) is 14.4 Å². The van der Waals surface area contributed by atoms with Gasteiger partial charge in [-0.15, -0.1) is 0 Å². The van der Waals surface area contributed by atoms with Gasteiger partial charge in [-0.1, -0.05) is 25.7 Å². The molecule has 1 aliphatic rings. The first-order valence-corrected chi connectivity index (χ1v) is 10.7. The first-order chi connectivity index (χ1) is 14.6. The number of ether oxygens (including phenoxy) is 1. The summed E-state index contributed by atoms with van der Waals surface area (Å²) in [6.07, 6.45) is 7.96. The lowest BCUT2D eigenvalue weighted by Crippen LogP contribution is -2.56. The molecular weight excluding hydrogens is 400 g/mol. The van der Waals surface area contributed by atoms with Gasteiger partial charge in [-0.05, 0) is 33.6 Å². The van der Waals surface area contributed by atoms with Gasteiger partial charge in [0.25, 0.3) is 5.56 Å². The summed E-state index contributed by atoms with van der Waals surface area (Å²) < 4.78 is 8.22. The minimum atomic E-state index is -0.599. The Bertz CT molecular complexity index is 995. The molecule has 0 bridgehead atoms. The third-order valence-electron chi connectivity index (χ3n) is 5.48. The lowest BCUT2D eigenvalue weighted by atomic mass is 9.90. The summed E-state index contributed by atoms with van der Waals surface area (Å²) in [6, 6.07) is 0. The van der Waals surface area contributed by atoms with Gasteiger partial charge in [-0.25, -0.2) is 9.78 Å². The van der Waals surface area contributed by atoms with E-state index < -0.39 is 17.2 Å². The summed E-state index contributed by atoms with van der Waals surface area (Å²) >= 11 is 0. The Morgan fingerprint density at radius 1 is 1.19 bits per heavy atom. The second-order valence-electron chi connectivity index (χ2n) is 9.28. The molecule has 0 atom stereocenters. The van der Waals surface area contributed by atoms with Gasteiger partial charge in [0.1, 0.15) is 23.9 Å². The van der Waals surface area contributed by atoms with Crippen molar-refractivity contribution in [1.29, 1.82) is 0 Å². The molecule has 2 N–H and O–H groups in total. The SMILES string of the molecule is Cn1ncc2c(=O)n(CC(=O)NCC3(NC(=O)OC(C)(C)C)CCCCCC3)cnc21. The van der Waals surface area contributed by atoms with E-state index in [0.717, 1.165) is 38.5 Å². The van der Waals surface area contributed by atoms with E-state index in [1.165, 1.54) is 21.8 Å². The quantitative estimate of drug-likeness (QED) is 0.696. The number of nitrogens with one attached hydrogen (secondary N) is 2. The molecule has 1 fully saturated rings. The molecule has 0 aromatic carbocycles. The molecule has 10 heteroatoms. The standard InChI is InChI=1S/C21H32N6O4/c1-20(2,3)31-19(30)25-21(9-7-5-6-8-10-21)13-22-16(28)12-27-14-23-17-15(18(27)29)11-24-26(17)4/h11,14H,5-10,12-13H2,1-4H3,(H,22,28)(H,25,30). The van der Waals surface area contributed by atoms with E-state index in [0.29, 0.717) is 11.0 Å². The molecule has 10 nitrogen and oxygen atoms in total. The van der Waals surface area contributed by atoms with Crippen molar-refractivity contribution in [3.63, 3.8) is 0 Å². The highest BCUT2D eigenvalue weighted by atomic mass is 16.6. The number of carbonyl (C=O) groups is 2. The van der Waals surface area contributed by atoms with Crippen LogP contribution < -0.4 is 16.2 Å². The fraction of sp³-hybridized carbons (Fsp3) is 0.667. The van der Waals surface area contributed by atoms with Crippen LogP contribution in [0.3, 0.4) is 0 Å². The first-order valence-electron chi connectivity index (χ1n) is 10.7. The molecular formula is C21H32N6O4. The molecule has 0 saturated heterocycles. The second kappa shape index (κ2) is 9.07. The van der Waals surface area contributed by atoms with Crippen LogP contribution in [0.5, 0.6) is 0 Å². The Labute approximate surface area is 181 Å². The van der Waals surface area contributed by atoms with Crippen molar-refractivity contribution in [2.75, 3.05) is 6.54 Å². The molecule has 170 valence electrons. The number of rotatable bonds is 5. The van der Waals surface area contributed by atoms with Crippen LogP contribution in [-0.2, 0) is 23.1 Å². The molecule has 3 rings (SSSR count). The van der Waals surface area contributed by atoms with Crippen LogP contribution in [0.1, 0.15) is 59.3 Å². The van der Waals surface area contributed by atoms with Gasteiger partial charge in [0.15, 0.2) is 5.65 Å². The third-order valence-corrected chi connectivity index (χ3v) is 5.48. The average molecular weight is 433 g/mol. The van der Waals surface area contributed by atoms with Crippen LogP contribution in [0.4, 0.5) is 4.79 Å². The fourth-order valence-corrected chi connectivity index (χ4v) is 3.93. The maximum absolute atomic E-state index is 12.6. The lowest BCUT2D eigenvalue weighted by Gasteiger charge is -2.35. The maximum atomic E-state index is 12.6. The molecule has 31 heavy (non-hydrogen) atoms. The zero-order valence-electron chi connectivity index (χ0n) is 18.7. The van der Waals surface area contributed by atoms with Crippen molar-refractivity contribution in [1.82, 2.24) is 30.0 Å². The predicted octanol–water partition coefficient (Wildman–Crippen LogP) is 1.86. The molecule has 0 unspecified atom stereocenters. The molecule has 2 aromatic heterocycles. The molecule has 2 heterocycles. The Kier molecular flexibility index (Phi) is 6.66. The van der Waals surface area contributed by atoms with Crippen molar-refractivity contribution in [3.05, 3.63) is 22.9 Å². The van der Waals surface area contributed by atoms with Gasteiger partial charge in [0.2, 0.25) is 5.91 Å². The molecule has 0 aliphatic heterocycles. The predicted molar refractivity (Wildman–Crippen MR) is 116 cm³/mol. The number of aryl methyl sites for hydroxylation is 1. The van der Waals surface area contributed by atoms with Gasteiger partial charge in [0.05, 0.1) is 11.7 Å². The first kappa shape index (κ1) is 22.8. The van der Waals surface area contributed by atoms with E-state index in [2.05, 4.69) is 20.7 Å². The van der Waals surface area contributed by atoms with Crippen LogP contribution in [-0.4, -0.2) is 49.0 Å². The summed E-state index contributed by atoms with van der Waals surface area (Å²) in [5.41, 5.74) is -1.01. The smallest absolute Gasteiger partial charge is 0.408 e. The van der Waals surface area contributed by atoms with E-state index in [-0.39, 0.29) is 24.6 Å². The minimum absolute atomic E-state index is 0.154. The molecule has 2 aromatic rings. The van der Waals surface area contributed by atoms with E-state index in [1.54, 1.807) is 7.05 Å². The average Bonchev–Trinajstić information content (AvgIpc) is 2.90. The topological polar surface area (TPSA) is 120 Å². The maximum Gasteiger partial charge on any atom is 0.408 e. The van der Waals surface area contributed by atoms with Crippen molar-refractivity contribution in [2.24, 2.45) is 7.05 Å². The number of fused-ring (bicyclic) bond motifs is 1. The van der Waals surface area contributed by atoms with Crippen LogP contribution in [0, 0.1) is 0 Å². The Morgan fingerprint density at radius 3 is 2.52 bits per heavy atom. The summed E-state index contributed by atoms with van der Waals surface area (Å²) in [6.45, 7) is 5.58. The van der Waals surface area contributed by atoms with Gasteiger partial charge < -0.3 is 15.4 Å². The summed E-state index contributed by atoms with van der Waals surface area (Å²) in [5.74, 6) is -0.318. The van der Waals surface area contributed by atoms with Crippen LogP contribution in [0.25, 0.3) is 11.0 Å². The zero-order chi connectivity index (χ0) is 22.6. The van der Waals surface area contributed by atoms with Crippen molar-refractivity contribution >= 4 is 23.0 Å². The largest absolute Gasteiger partial charge is 0.444 e. The summed E-state index contributed by atoms with van der Waals surface area (Å²) in [4.78, 5) is 41.9. The highest BCUT2D eigenvalue weighted by molar-refractivity contribution is 5.77. The minimum Gasteiger partial charge on any atom is -0.444 e. The Morgan fingerprint density at radius 2 is 1.87 bits per heavy atom. The highest BCUT2D eigenvalue weighted by Gasteiger charge is 2.34. The van der Waals surface area contributed by atoms with Gasteiger partial charge in [0, 0.05) is 13.6 Å². The van der Waals surface area contributed by atoms with Gasteiger partial charge in [-0.3, -0.25) is 18.8 Å². The van der Waals surface area contributed by atoms with E-state index in [1.807, 2.05) is 20.8 Å². The summed E-state index contributed by atoms with van der Waals surface area (Å²) in [5, 5.41) is 10.3. The number of aromatic nitrogens is 4. The Balaban J connectivity index is 1.68. The number of amides is 2. The molecule has 0 spiro atoms. The number of nitrogens with zero attached hydrogens (tertiary/aromatic N) is 4. The third kappa shape index (κ3) is 5.83. The van der Waals surface area contributed by atoms with Crippen molar-refractivity contribution in [3.8, 4) is 0 Å². The molecule has 0 radical (unpaired) electrons. The number of hydrogen-bond donors (Lipinski definition) is 2.